The van der Waals surface area contributed by atoms with E-state index in [4.69, 9.17) is 21.1 Å². The van der Waals surface area contributed by atoms with Crippen molar-refractivity contribution in [1.82, 2.24) is 14.5 Å². The second-order valence-electron chi connectivity index (χ2n) is 13.2. The number of carbonyl (C=O) groups is 2. The normalized spacial score (nSPS) is 22.7. The zero-order chi connectivity index (χ0) is 34.8. The minimum Gasteiger partial charge on any atom is -0.490 e. The van der Waals surface area contributed by atoms with E-state index in [-0.39, 0.29) is 60.2 Å². The molecule has 0 radical (unpaired) electrons. The highest BCUT2D eigenvalue weighted by Crippen LogP contribution is 2.29. The summed E-state index contributed by atoms with van der Waals surface area (Å²) in [5.41, 5.74) is 0.717. The summed E-state index contributed by atoms with van der Waals surface area (Å²) in [5.74, 6) is -0.299. The zero-order valence-electron chi connectivity index (χ0n) is 28.5. The summed E-state index contributed by atoms with van der Waals surface area (Å²) >= 11 is 5.99. The Morgan fingerprint density at radius 2 is 1.75 bits per heavy atom. The molecule has 1 fully saturated rings. The van der Waals surface area contributed by atoms with Gasteiger partial charge < -0.3 is 30.1 Å². The molecule has 4 atom stereocenters. The number of ether oxygens (including phenoxy) is 2. The van der Waals surface area contributed by atoms with Crippen molar-refractivity contribution in [1.29, 1.82) is 0 Å². The molecule has 0 saturated heterocycles. The molecule has 4 rings (SSSR count). The number of carbonyl (C=O) groups excluding carboxylic acids is 2. The molecule has 1 saturated carbocycles. The number of hydrogen-bond acceptors (Lipinski definition) is 7. The van der Waals surface area contributed by atoms with E-state index < -0.39 is 22.2 Å². The van der Waals surface area contributed by atoms with E-state index >= 15 is 0 Å². The van der Waals surface area contributed by atoms with Crippen molar-refractivity contribution in [2.75, 3.05) is 38.7 Å². The maximum atomic E-state index is 14.4. The number of nitrogens with one attached hydrogen (secondary N) is 2. The molecule has 2 aromatic carbocycles. The Morgan fingerprint density at radius 3 is 2.44 bits per heavy atom. The smallest absolute Gasteiger partial charge is 0.319 e. The van der Waals surface area contributed by atoms with Crippen LogP contribution in [0.2, 0.25) is 5.02 Å². The molecule has 2 aromatic rings. The van der Waals surface area contributed by atoms with Gasteiger partial charge in [0.2, 0.25) is 10.0 Å². The first kappa shape index (κ1) is 37.9. The SMILES string of the molecule is C[C@H](CO)N1C[C@H](C)[C@@H](CN(C)S(=O)(=O)c2ccc(Cl)cc2)OCCCC[C@H](C)Oc2ccc(NC(=O)NC3CCCCC3)cc2C1=O. The van der Waals surface area contributed by atoms with Gasteiger partial charge in [-0.2, -0.15) is 4.31 Å². The molecule has 13 heteroatoms. The Hall–Kier alpha value is -2.90. The van der Waals surface area contributed by atoms with Crippen molar-refractivity contribution < 1.29 is 32.6 Å². The van der Waals surface area contributed by atoms with Crippen molar-refractivity contribution in [3.05, 3.63) is 53.1 Å². The number of aliphatic hydroxyl groups excluding tert-OH is 1. The van der Waals surface area contributed by atoms with Gasteiger partial charge in [0.05, 0.1) is 35.3 Å². The predicted molar refractivity (Wildman–Crippen MR) is 187 cm³/mol. The van der Waals surface area contributed by atoms with E-state index in [0.29, 0.717) is 29.5 Å². The fourth-order valence-electron chi connectivity index (χ4n) is 6.20. The average molecular weight is 707 g/mol. The molecule has 3 N–H and O–H groups in total. The van der Waals surface area contributed by atoms with E-state index in [1.165, 1.54) is 42.0 Å². The number of likely N-dealkylation sites (N-methyl/N-ethyl adjacent to an activating group) is 1. The third-order valence-corrected chi connectivity index (χ3v) is 11.3. The summed E-state index contributed by atoms with van der Waals surface area (Å²) in [4.78, 5) is 28.9. The Bertz CT molecular complexity index is 1470. The second-order valence-corrected chi connectivity index (χ2v) is 15.7. The average Bonchev–Trinajstić information content (AvgIpc) is 3.06. The van der Waals surface area contributed by atoms with Crippen LogP contribution in [0.1, 0.15) is 82.5 Å². The number of anilines is 1. The minimum atomic E-state index is -3.84. The lowest BCUT2D eigenvalue weighted by Crippen LogP contribution is -2.48. The zero-order valence-corrected chi connectivity index (χ0v) is 30.1. The lowest BCUT2D eigenvalue weighted by atomic mass is 9.96. The van der Waals surface area contributed by atoms with Crippen molar-refractivity contribution in [2.24, 2.45) is 5.92 Å². The van der Waals surface area contributed by atoms with Crippen LogP contribution in [-0.2, 0) is 14.8 Å². The van der Waals surface area contributed by atoms with Crippen LogP contribution in [0.25, 0.3) is 0 Å². The summed E-state index contributed by atoms with van der Waals surface area (Å²) in [6.07, 6.45) is 6.75. The van der Waals surface area contributed by atoms with Gasteiger partial charge in [-0.15, -0.1) is 0 Å². The Morgan fingerprint density at radius 1 is 1.06 bits per heavy atom. The second kappa shape index (κ2) is 17.7. The molecule has 0 spiro atoms. The molecule has 1 aliphatic heterocycles. The highest BCUT2D eigenvalue weighted by atomic mass is 35.5. The number of amides is 3. The number of sulfonamides is 1. The van der Waals surface area contributed by atoms with Gasteiger partial charge in [0.15, 0.2) is 0 Å². The first-order chi connectivity index (χ1) is 22.9. The van der Waals surface area contributed by atoms with Gasteiger partial charge in [0, 0.05) is 49.4 Å². The number of benzene rings is 2. The third kappa shape index (κ3) is 10.3. The first-order valence-electron chi connectivity index (χ1n) is 17.0. The van der Waals surface area contributed by atoms with Crippen LogP contribution in [0.5, 0.6) is 5.75 Å². The molecule has 0 bridgehead atoms. The van der Waals surface area contributed by atoms with Crippen LogP contribution in [0.3, 0.4) is 0 Å². The topological polar surface area (TPSA) is 138 Å². The molecule has 11 nitrogen and oxygen atoms in total. The van der Waals surface area contributed by atoms with E-state index in [2.05, 4.69) is 10.6 Å². The molecule has 2 aliphatic rings. The summed E-state index contributed by atoms with van der Waals surface area (Å²) in [5, 5.41) is 16.6. The molecule has 1 heterocycles. The van der Waals surface area contributed by atoms with Gasteiger partial charge in [-0.3, -0.25) is 4.79 Å². The van der Waals surface area contributed by atoms with E-state index in [9.17, 15) is 23.1 Å². The first-order valence-corrected chi connectivity index (χ1v) is 18.8. The maximum absolute atomic E-state index is 14.4. The van der Waals surface area contributed by atoms with Crippen LogP contribution >= 0.6 is 11.6 Å². The molecule has 3 amide bonds. The van der Waals surface area contributed by atoms with Crippen LogP contribution in [-0.4, -0.2) is 92.3 Å². The fourth-order valence-corrected chi connectivity index (χ4v) is 7.51. The standard InChI is InChI=1S/C35H51ClN4O7S/c1-24-21-40(25(2)23-41)34(42)31-20-29(38-35(43)37-28-11-6-5-7-12-28)15-18-32(31)47-26(3)10-8-9-19-46-33(24)22-39(4)48(44,45)30-16-13-27(36)14-17-30/h13-18,20,24-26,28,33,41H,5-12,19,21-23H2,1-4H3,(H2,37,38,43)/t24-,25+,26-,33+/m0/s1. The summed E-state index contributed by atoms with van der Waals surface area (Å²) < 4.78 is 40.7. The third-order valence-electron chi connectivity index (χ3n) is 9.21. The van der Waals surface area contributed by atoms with E-state index in [1.807, 2.05) is 13.8 Å². The van der Waals surface area contributed by atoms with Crippen molar-refractivity contribution in [2.45, 2.75) is 101 Å². The van der Waals surface area contributed by atoms with Crippen LogP contribution in [0.4, 0.5) is 10.5 Å². The number of nitrogens with zero attached hydrogens (tertiary/aromatic N) is 2. The van der Waals surface area contributed by atoms with Crippen LogP contribution in [0.15, 0.2) is 47.4 Å². The van der Waals surface area contributed by atoms with Gasteiger partial charge in [-0.05, 0) is 88.4 Å². The summed E-state index contributed by atoms with van der Waals surface area (Å²) in [7, 11) is -2.33. The van der Waals surface area contributed by atoms with Crippen LogP contribution < -0.4 is 15.4 Å². The minimum absolute atomic E-state index is 0.0575. The molecular weight excluding hydrogens is 656 g/mol. The maximum Gasteiger partial charge on any atom is 0.319 e. The monoisotopic (exact) mass is 706 g/mol. The quantitative estimate of drug-likeness (QED) is 0.310. The number of fused-ring (bicyclic) bond motifs is 1. The van der Waals surface area contributed by atoms with E-state index in [0.717, 1.165) is 38.5 Å². The van der Waals surface area contributed by atoms with Gasteiger partial charge in [0.1, 0.15) is 5.75 Å². The number of aliphatic hydroxyl groups is 1. The largest absolute Gasteiger partial charge is 0.490 e. The molecule has 266 valence electrons. The molecule has 1 aliphatic carbocycles. The van der Waals surface area contributed by atoms with Crippen molar-refractivity contribution in [3.63, 3.8) is 0 Å². The number of halogens is 1. The van der Waals surface area contributed by atoms with Crippen LogP contribution in [0, 0.1) is 5.92 Å². The Kier molecular flexibility index (Phi) is 14.0. The predicted octanol–water partition coefficient (Wildman–Crippen LogP) is 5.91. The highest BCUT2D eigenvalue weighted by Gasteiger charge is 2.32. The number of urea groups is 1. The number of hydrogen-bond donors (Lipinski definition) is 3. The summed E-state index contributed by atoms with van der Waals surface area (Å²) in [6, 6.07) is 10.3. The van der Waals surface area contributed by atoms with Gasteiger partial charge >= 0.3 is 6.03 Å². The highest BCUT2D eigenvalue weighted by molar-refractivity contribution is 7.89. The molecule has 0 unspecified atom stereocenters. The van der Waals surface area contributed by atoms with Gasteiger partial charge in [-0.25, -0.2) is 13.2 Å². The van der Waals surface area contributed by atoms with Gasteiger partial charge in [-0.1, -0.05) is 37.8 Å². The molecular formula is C35H51ClN4O7S. The lowest BCUT2D eigenvalue weighted by molar-refractivity contribution is -0.00833. The van der Waals surface area contributed by atoms with E-state index in [1.54, 1.807) is 30.0 Å². The summed E-state index contributed by atoms with van der Waals surface area (Å²) in [6.45, 7) is 5.97. The van der Waals surface area contributed by atoms with Gasteiger partial charge in [0.25, 0.3) is 5.91 Å². The number of rotatable bonds is 8. The molecule has 48 heavy (non-hydrogen) atoms. The molecule has 0 aromatic heterocycles. The lowest BCUT2D eigenvalue weighted by Gasteiger charge is -2.35. The Balaban J connectivity index is 1.60. The Labute approximate surface area is 290 Å². The van der Waals surface area contributed by atoms with Crippen molar-refractivity contribution >= 4 is 39.2 Å². The van der Waals surface area contributed by atoms with Crippen molar-refractivity contribution in [3.8, 4) is 5.75 Å². The fraction of sp³-hybridized carbons (Fsp3) is 0.600.